The molecule has 1 atom stereocenters. The van der Waals surface area contributed by atoms with Gasteiger partial charge in [-0.25, -0.2) is 9.97 Å². The minimum atomic E-state index is -0.0392. The number of benzene rings is 1. The summed E-state index contributed by atoms with van der Waals surface area (Å²) in [5.74, 6) is 2.60. The molecule has 2 aromatic rings. The van der Waals surface area contributed by atoms with Gasteiger partial charge in [0.1, 0.15) is 17.4 Å². The zero-order valence-corrected chi connectivity index (χ0v) is 15.7. The first-order valence-electron chi connectivity index (χ1n) is 9.41. The van der Waals surface area contributed by atoms with E-state index in [0.717, 1.165) is 54.1 Å². The molecule has 2 heterocycles. The third-order valence-corrected chi connectivity index (χ3v) is 5.92. The molecule has 0 radical (unpaired) electrons. The van der Waals surface area contributed by atoms with E-state index in [1.807, 2.05) is 25.1 Å². The first-order valence-corrected chi connectivity index (χ1v) is 9.41. The maximum Gasteiger partial charge on any atom is 0.217 e. The number of anilines is 1. The molecule has 138 valence electrons. The molecule has 1 N–H and O–H groups in total. The number of hydrogen-bond donors (Lipinski definition) is 1. The highest BCUT2D eigenvalue weighted by molar-refractivity contribution is 5.91. The maximum atomic E-state index is 11.8. The lowest BCUT2D eigenvalue weighted by Crippen LogP contribution is -2.55. The standard InChI is InChI=1S/C20H26N4O2/c1-13-21-17-7-6-15(26-3)12-16(17)19(22-13)24-11-8-18(23-14(2)25)20(24)9-4-5-10-20/h6-7,12,18H,4-5,8-11H2,1-3H3,(H,23,25). The molecule has 0 bridgehead atoms. The molecule has 4 rings (SSSR count). The van der Waals surface area contributed by atoms with Crippen LogP contribution in [-0.2, 0) is 4.79 Å². The first-order chi connectivity index (χ1) is 12.5. The lowest BCUT2D eigenvalue weighted by Gasteiger charge is -2.40. The maximum absolute atomic E-state index is 11.8. The van der Waals surface area contributed by atoms with Gasteiger partial charge in [-0.3, -0.25) is 4.79 Å². The molecular formula is C20H26N4O2. The highest BCUT2D eigenvalue weighted by atomic mass is 16.5. The Balaban J connectivity index is 1.84. The van der Waals surface area contributed by atoms with Crippen molar-refractivity contribution in [1.82, 2.24) is 15.3 Å². The number of ether oxygens (including phenoxy) is 1. The largest absolute Gasteiger partial charge is 0.497 e. The Kier molecular flexibility index (Phi) is 4.21. The van der Waals surface area contributed by atoms with Gasteiger partial charge in [0.25, 0.3) is 0 Å². The summed E-state index contributed by atoms with van der Waals surface area (Å²) in [7, 11) is 1.68. The van der Waals surface area contributed by atoms with E-state index in [0.29, 0.717) is 0 Å². The number of nitrogens with zero attached hydrogens (tertiary/aromatic N) is 3. The average molecular weight is 354 g/mol. The van der Waals surface area contributed by atoms with Gasteiger partial charge < -0.3 is 15.0 Å². The molecule has 1 aromatic carbocycles. The number of methoxy groups -OCH3 is 1. The van der Waals surface area contributed by atoms with E-state index in [-0.39, 0.29) is 17.5 Å². The van der Waals surface area contributed by atoms with E-state index in [2.05, 4.69) is 15.2 Å². The van der Waals surface area contributed by atoms with Crippen molar-refractivity contribution in [3.05, 3.63) is 24.0 Å². The van der Waals surface area contributed by atoms with Crippen LogP contribution in [0.15, 0.2) is 18.2 Å². The van der Waals surface area contributed by atoms with Gasteiger partial charge in [0.05, 0.1) is 24.2 Å². The van der Waals surface area contributed by atoms with Crippen LogP contribution in [-0.4, -0.2) is 41.1 Å². The Morgan fingerprint density at radius 3 is 2.77 bits per heavy atom. The van der Waals surface area contributed by atoms with E-state index in [4.69, 9.17) is 9.72 Å². The van der Waals surface area contributed by atoms with Gasteiger partial charge in [-0.2, -0.15) is 0 Å². The fourth-order valence-corrected chi connectivity index (χ4v) is 4.85. The predicted molar refractivity (Wildman–Crippen MR) is 102 cm³/mol. The van der Waals surface area contributed by atoms with Crippen LogP contribution < -0.4 is 15.0 Å². The Morgan fingerprint density at radius 1 is 1.31 bits per heavy atom. The van der Waals surface area contributed by atoms with Crippen molar-refractivity contribution in [3.8, 4) is 5.75 Å². The summed E-state index contributed by atoms with van der Waals surface area (Å²) < 4.78 is 5.43. The van der Waals surface area contributed by atoms with Gasteiger partial charge in [-0.1, -0.05) is 12.8 Å². The Labute approximate surface area is 154 Å². The van der Waals surface area contributed by atoms with Gasteiger partial charge in [0.15, 0.2) is 0 Å². The predicted octanol–water partition coefficient (Wildman–Crippen LogP) is 2.97. The SMILES string of the molecule is COc1ccc2nc(C)nc(N3CCC(NC(C)=O)C34CCCC4)c2c1. The summed E-state index contributed by atoms with van der Waals surface area (Å²) in [6.45, 7) is 4.45. The Morgan fingerprint density at radius 2 is 2.08 bits per heavy atom. The fourth-order valence-electron chi connectivity index (χ4n) is 4.85. The van der Waals surface area contributed by atoms with E-state index >= 15 is 0 Å². The first kappa shape index (κ1) is 17.1. The third kappa shape index (κ3) is 2.68. The van der Waals surface area contributed by atoms with Gasteiger partial charge in [-0.15, -0.1) is 0 Å². The molecule has 1 spiro atoms. The van der Waals surface area contributed by atoms with Crippen LogP contribution in [0.1, 0.15) is 44.9 Å². The summed E-state index contributed by atoms with van der Waals surface area (Å²) in [5.41, 5.74) is 0.895. The summed E-state index contributed by atoms with van der Waals surface area (Å²) in [5, 5.41) is 4.23. The molecule has 1 saturated carbocycles. The highest BCUT2D eigenvalue weighted by Crippen LogP contribution is 2.46. The molecule has 1 amide bonds. The summed E-state index contributed by atoms with van der Waals surface area (Å²) in [6.07, 6.45) is 5.52. The number of fused-ring (bicyclic) bond motifs is 1. The third-order valence-electron chi connectivity index (χ3n) is 5.92. The quantitative estimate of drug-likeness (QED) is 0.918. The lowest BCUT2D eigenvalue weighted by atomic mass is 9.88. The van der Waals surface area contributed by atoms with Crippen molar-refractivity contribution in [1.29, 1.82) is 0 Å². The van der Waals surface area contributed by atoms with Crippen molar-refractivity contribution in [2.24, 2.45) is 0 Å². The van der Waals surface area contributed by atoms with Gasteiger partial charge in [-0.05, 0) is 44.4 Å². The van der Waals surface area contributed by atoms with Crippen LogP contribution in [0, 0.1) is 6.92 Å². The van der Waals surface area contributed by atoms with E-state index in [9.17, 15) is 4.79 Å². The van der Waals surface area contributed by atoms with Crippen LogP contribution in [0.4, 0.5) is 5.82 Å². The second-order valence-corrected chi connectivity index (χ2v) is 7.48. The fraction of sp³-hybridized carbons (Fsp3) is 0.550. The molecule has 1 aliphatic heterocycles. The summed E-state index contributed by atoms with van der Waals surface area (Å²) >= 11 is 0. The number of rotatable bonds is 3. The van der Waals surface area contributed by atoms with Crippen molar-refractivity contribution in [2.75, 3.05) is 18.6 Å². The zero-order valence-electron chi connectivity index (χ0n) is 15.7. The Hall–Kier alpha value is -2.37. The number of carbonyl (C=O) groups excluding carboxylic acids is 1. The molecule has 26 heavy (non-hydrogen) atoms. The lowest BCUT2D eigenvalue weighted by molar-refractivity contribution is -0.120. The topological polar surface area (TPSA) is 67.4 Å². The minimum absolute atomic E-state index is 0.0392. The second kappa shape index (κ2) is 6.41. The molecule has 1 saturated heterocycles. The normalized spacial score (nSPS) is 21.5. The van der Waals surface area contributed by atoms with Crippen LogP contribution in [0.3, 0.4) is 0 Å². The molecule has 2 fully saturated rings. The smallest absolute Gasteiger partial charge is 0.217 e. The Bertz CT molecular complexity index is 845. The number of hydrogen-bond acceptors (Lipinski definition) is 5. The van der Waals surface area contributed by atoms with Crippen molar-refractivity contribution < 1.29 is 9.53 Å². The molecule has 1 aliphatic carbocycles. The number of amides is 1. The summed E-state index contributed by atoms with van der Waals surface area (Å²) in [6, 6.07) is 6.14. The van der Waals surface area contributed by atoms with E-state index < -0.39 is 0 Å². The number of nitrogens with one attached hydrogen (secondary N) is 1. The number of aromatic nitrogens is 2. The van der Waals surface area contributed by atoms with Crippen LogP contribution in [0.25, 0.3) is 10.9 Å². The van der Waals surface area contributed by atoms with Crippen molar-refractivity contribution in [2.45, 2.75) is 57.5 Å². The summed E-state index contributed by atoms with van der Waals surface area (Å²) in [4.78, 5) is 23.6. The monoisotopic (exact) mass is 354 g/mol. The highest BCUT2D eigenvalue weighted by Gasteiger charge is 2.51. The number of aryl methyl sites for hydroxylation is 1. The van der Waals surface area contributed by atoms with Crippen LogP contribution in [0.2, 0.25) is 0 Å². The molecule has 6 heteroatoms. The molecule has 1 aromatic heterocycles. The van der Waals surface area contributed by atoms with Gasteiger partial charge in [0.2, 0.25) is 5.91 Å². The van der Waals surface area contributed by atoms with Crippen molar-refractivity contribution in [3.63, 3.8) is 0 Å². The molecule has 6 nitrogen and oxygen atoms in total. The van der Waals surface area contributed by atoms with E-state index in [1.54, 1.807) is 14.0 Å². The minimum Gasteiger partial charge on any atom is -0.497 e. The van der Waals surface area contributed by atoms with Crippen molar-refractivity contribution >= 4 is 22.6 Å². The second-order valence-electron chi connectivity index (χ2n) is 7.48. The van der Waals surface area contributed by atoms with Gasteiger partial charge >= 0.3 is 0 Å². The van der Waals surface area contributed by atoms with Crippen LogP contribution >= 0.6 is 0 Å². The molecular weight excluding hydrogens is 328 g/mol. The molecule has 2 aliphatic rings. The number of carbonyl (C=O) groups is 1. The van der Waals surface area contributed by atoms with Crippen LogP contribution in [0.5, 0.6) is 5.75 Å². The zero-order chi connectivity index (χ0) is 18.3. The average Bonchev–Trinajstić information content (AvgIpc) is 3.23. The van der Waals surface area contributed by atoms with E-state index in [1.165, 1.54) is 12.8 Å². The molecule has 1 unspecified atom stereocenters. The van der Waals surface area contributed by atoms with Gasteiger partial charge in [0, 0.05) is 18.9 Å².